The van der Waals surface area contributed by atoms with E-state index in [1.54, 1.807) is 0 Å². The van der Waals surface area contributed by atoms with Crippen LogP contribution in [-0.2, 0) is 4.79 Å². The van der Waals surface area contributed by atoms with Crippen LogP contribution in [0.4, 0.5) is 11.5 Å². The molecule has 0 fully saturated rings. The molecule has 0 saturated heterocycles. The number of halogens is 1. The molecule has 0 spiro atoms. The number of rotatable bonds is 2. The van der Waals surface area contributed by atoms with Crippen LogP contribution in [0.15, 0.2) is 6.20 Å². The number of carbonyl (C=O) groups is 1. The van der Waals surface area contributed by atoms with Gasteiger partial charge < -0.3 is 10.2 Å². The van der Waals surface area contributed by atoms with E-state index in [1.807, 2.05) is 18.7 Å². The average Bonchev–Trinajstić information content (AvgIpc) is 2.28. The third-order valence-electron chi connectivity index (χ3n) is 2.68. The largest absolute Gasteiger partial charge is 0.343 e. The molecule has 0 aliphatic carbocycles. The van der Waals surface area contributed by atoms with Gasteiger partial charge in [-0.3, -0.25) is 4.79 Å². The molecule has 1 aliphatic heterocycles. The number of hydrogen-bond acceptors (Lipinski definition) is 4. The number of likely N-dealkylation sites (N-methyl/N-ethyl adjacent to an activating group) is 1. The highest BCUT2D eigenvalue weighted by Crippen LogP contribution is 2.30. The van der Waals surface area contributed by atoms with Gasteiger partial charge in [0.1, 0.15) is 11.7 Å². The van der Waals surface area contributed by atoms with Crippen LogP contribution in [0.3, 0.4) is 0 Å². The fourth-order valence-electron chi connectivity index (χ4n) is 1.94. The van der Waals surface area contributed by atoms with Gasteiger partial charge in [-0.15, -0.1) is 0 Å². The number of hydrogen-bond donors (Lipinski definition) is 1. The Kier molecular flexibility index (Phi) is 2.96. The monoisotopic (exact) mass is 240 g/mol. The molecule has 2 heterocycles. The van der Waals surface area contributed by atoms with E-state index in [9.17, 15) is 4.79 Å². The molecule has 2 rings (SSSR count). The minimum absolute atomic E-state index is 0.0113. The first kappa shape index (κ1) is 11.1. The van der Waals surface area contributed by atoms with Crippen molar-refractivity contribution in [2.24, 2.45) is 0 Å². The van der Waals surface area contributed by atoms with Gasteiger partial charge in [0.05, 0.1) is 6.20 Å². The standard InChI is InChI=1S/C10H13ClN4O/c1-3-7-9(16)13-6-5-12-10(11)14-8(6)15(7)4-2/h5,7H,3-4H2,1-2H3,(H,13,16)/t7-/m1/s1. The second-order valence-electron chi connectivity index (χ2n) is 3.58. The Bertz CT molecular complexity index is 423. The van der Waals surface area contributed by atoms with Crippen molar-refractivity contribution in [3.05, 3.63) is 11.5 Å². The molecule has 6 heteroatoms. The van der Waals surface area contributed by atoms with Gasteiger partial charge in [0.25, 0.3) is 0 Å². The maximum atomic E-state index is 11.8. The van der Waals surface area contributed by atoms with Crippen LogP contribution in [-0.4, -0.2) is 28.5 Å². The second-order valence-corrected chi connectivity index (χ2v) is 3.91. The van der Waals surface area contributed by atoms with Crippen molar-refractivity contribution in [1.29, 1.82) is 0 Å². The topological polar surface area (TPSA) is 58.1 Å². The molecule has 1 atom stereocenters. The average molecular weight is 241 g/mol. The highest BCUT2D eigenvalue weighted by atomic mass is 35.5. The van der Waals surface area contributed by atoms with E-state index in [1.165, 1.54) is 6.20 Å². The zero-order valence-corrected chi connectivity index (χ0v) is 9.95. The lowest BCUT2D eigenvalue weighted by Gasteiger charge is -2.35. The highest BCUT2D eigenvalue weighted by Gasteiger charge is 2.31. The first-order valence-electron chi connectivity index (χ1n) is 5.27. The highest BCUT2D eigenvalue weighted by molar-refractivity contribution is 6.28. The first-order valence-corrected chi connectivity index (χ1v) is 5.65. The van der Waals surface area contributed by atoms with Crippen LogP contribution in [0.2, 0.25) is 5.28 Å². The number of carbonyl (C=O) groups excluding carboxylic acids is 1. The van der Waals surface area contributed by atoms with Crippen molar-refractivity contribution in [2.45, 2.75) is 26.3 Å². The Morgan fingerprint density at radius 1 is 1.56 bits per heavy atom. The lowest BCUT2D eigenvalue weighted by atomic mass is 10.1. The molecule has 0 aromatic carbocycles. The predicted octanol–water partition coefficient (Wildman–Crippen LogP) is 1.69. The van der Waals surface area contributed by atoms with E-state index in [-0.39, 0.29) is 17.2 Å². The molecule has 0 radical (unpaired) electrons. The van der Waals surface area contributed by atoms with E-state index < -0.39 is 0 Å². The summed E-state index contributed by atoms with van der Waals surface area (Å²) in [4.78, 5) is 21.8. The van der Waals surface area contributed by atoms with E-state index >= 15 is 0 Å². The van der Waals surface area contributed by atoms with Crippen molar-refractivity contribution < 1.29 is 4.79 Å². The van der Waals surface area contributed by atoms with E-state index in [0.717, 1.165) is 6.42 Å². The summed E-state index contributed by atoms with van der Waals surface area (Å²) in [5.41, 5.74) is 0.626. The summed E-state index contributed by atoms with van der Waals surface area (Å²) in [5, 5.41) is 2.99. The van der Waals surface area contributed by atoms with E-state index in [2.05, 4.69) is 15.3 Å². The predicted molar refractivity (Wildman–Crippen MR) is 62.8 cm³/mol. The van der Waals surface area contributed by atoms with Gasteiger partial charge in [-0.05, 0) is 24.9 Å². The molecule has 0 unspecified atom stereocenters. The van der Waals surface area contributed by atoms with Gasteiger partial charge in [0, 0.05) is 6.54 Å². The molecule has 1 aliphatic rings. The van der Waals surface area contributed by atoms with Crippen LogP contribution in [0.5, 0.6) is 0 Å². The van der Waals surface area contributed by atoms with Gasteiger partial charge in [0.15, 0.2) is 5.82 Å². The van der Waals surface area contributed by atoms with Gasteiger partial charge in [-0.25, -0.2) is 4.98 Å². The molecule has 0 bridgehead atoms. The maximum Gasteiger partial charge on any atom is 0.247 e. The molecule has 1 aromatic rings. The first-order chi connectivity index (χ1) is 7.67. The SMILES string of the molecule is CC[C@@H]1C(=O)Nc2cnc(Cl)nc2N1CC. The number of amides is 1. The molecule has 1 aromatic heterocycles. The lowest BCUT2D eigenvalue weighted by Crippen LogP contribution is -2.48. The summed E-state index contributed by atoms with van der Waals surface area (Å²) in [6.07, 6.45) is 2.28. The minimum atomic E-state index is -0.177. The smallest absolute Gasteiger partial charge is 0.247 e. The summed E-state index contributed by atoms with van der Waals surface area (Å²) in [6, 6.07) is -0.177. The quantitative estimate of drug-likeness (QED) is 0.800. The van der Waals surface area contributed by atoms with Crippen LogP contribution in [0.25, 0.3) is 0 Å². The summed E-state index contributed by atoms with van der Waals surface area (Å²) in [6.45, 7) is 4.67. The van der Waals surface area contributed by atoms with Gasteiger partial charge in [-0.2, -0.15) is 4.98 Å². The van der Waals surface area contributed by atoms with Crippen LogP contribution in [0, 0.1) is 0 Å². The number of anilines is 2. The summed E-state index contributed by atoms with van der Waals surface area (Å²) in [5.74, 6) is 0.691. The second kappa shape index (κ2) is 4.25. The van der Waals surface area contributed by atoms with Gasteiger partial charge in [-0.1, -0.05) is 6.92 Å². The van der Waals surface area contributed by atoms with Crippen LogP contribution in [0.1, 0.15) is 20.3 Å². The van der Waals surface area contributed by atoms with Gasteiger partial charge >= 0.3 is 0 Å². The fourth-order valence-corrected chi connectivity index (χ4v) is 2.07. The molecule has 0 saturated carbocycles. The number of fused-ring (bicyclic) bond motifs is 1. The molecule has 16 heavy (non-hydrogen) atoms. The third-order valence-corrected chi connectivity index (χ3v) is 2.86. The summed E-state index contributed by atoms with van der Waals surface area (Å²) >= 11 is 5.76. The van der Waals surface area contributed by atoms with Crippen molar-refractivity contribution in [1.82, 2.24) is 9.97 Å². The zero-order chi connectivity index (χ0) is 11.7. The lowest BCUT2D eigenvalue weighted by molar-refractivity contribution is -0.117. The third kappa shape index (κ3) is 1.71. The van der Waals surface area contributed by atoms with E-state index in [0.29, 0.717) is 18.1 Å². The normalized spacial score (nSPS) is 19.3. The van der Waals surface area contributed by atoms with Crippen molar-refractivity contribution in [3.8, 4) is 0 Å². The van der Waals surface area contributed by atoms with Gasteiger partial charge in [0.2, 0.25) is 11.2 Å². The Balaban J connectivity index is 2.48. The fraction of sp³-hybridized carbons (Fsp3) is 0.500. The Hall–Kier alpha value is -1.36. The Morgan fingerprint density at radius 2 is 2.31 bits per heavy atom. The van der Waals surface area contributed by atoms with Crippen LogP contribution >= 0.6 is 11.6 Å². The van der Waals surface area contributed by atoms with Crippen molar-refractivity contribution >= 4 is 29.0 Å². The molecule has 1 N–H and O–H groups in total. The Labute approximate surface area is 98.8 Å². The summed E-state index contributed by atoms with van der Waals surface area (Å²) in [7, 11) is 0. The van der Waals surface area contributed by atoms with Crippen molar-refractivity contribution in [3.63, 3.8) is 0 Å². The summed E-state index contributed by atoms with van der Waals surface area (Å²) < 4.78 is 0. The molecular formula is C10H13ClN4O. The molecule has 5 nitrogen and oxygen atoms in total. The maximum absolute atomic E-state index is 11.8. The van der Waals surface area contributed by atoms with Crippen molar-refractivity contribution in [2.75, 3.05) is 16.8 Å². The molecule has 86 valence electrons. The molecular weight excluding hydrogens is 228 g/mol. The number of nitrogens with zero attached hydrogens (tertiary/aromatic N) is 3. The number of aromatic nitrogens is 2. The van der Waals surface area contributed by atoms with Crippen LogP contribution < -0.4 is 10.2 Å². The molecule has 1 amide bonds. The Morgan fingerprint density at radius 3 is 2.94 bits per heavy atom. The van der Waals surface area contributed by atoms with E-state index in [4.69, 9.17) is 11.6 Å². The number of nitrogens with one attached hydrogen (secondary N) is 1. The zero-order valence-electron chi connectivity index (χ0n) is 9.20. The minimum Gasteiger partial charge on any atom is -0.343 e.